The summed E-state index contributed by atoms with van der Waals surface area (Å²) >= 11 is 13.3. The Hall–Kier alpha value is -0.710. The molecule has 0 radical (unpaired) electrons. The van der Waals surface area contributed by atoms with Gasteiger partial charge < -0.3 is 10.2 Å². The highest BCUT2D eigenvalue weighted by Crippen LogP contribution is 2.33. The smallest absolute Gasteiger partial charge is 0.0597 e. The van der Waals surface area contributed by atoms with Gasteiger partial charge in [-0.05, 0) is 42.8 Å². The second kappa shape index (κ2) is 7.03. The lowest BCUT2D eigenvalue weighted by Crippen LogP contribution is -2.14. The first-order valence-corrected chi connectivity index (χ1v) is 8.53. The number of hydrogen-bond acceptors (Lipinski definition) is 2. The van der Waals surface area contributed by atoms with Crippen molar-refractivity contribution in [2.75, 3.05) is 24.3 Å². The van der Waals surface area contributed by atoms with Gasteiger partial charge in [0, 0.05) is 28.1 Å². The molecule has 112 valence electrons. The van der Waals surface area contributed by atoms with Crippen LogP contribution in [0.1, 0.15) is 18.5 Å². The first-order valence-electron chi connectivity index (χ1n) is 6.57. The zero-order valence-electron chi connectivity index (χ0n) is 12.1. The molecule has 5 heteroatoms. The molecule has 2 aromatic carbocycles. The molecular weight excluding hydrogens is 415 g/mol. The van der Waals surface area contributed by atoms with Crippen LogP contribution in [0.3, 0.4) is 0 Å². The molecule has 0 aliphatic heterocycles. The summed E-state index contributed by atoms with van der Waals surface area (Å²) in [6, 6.07) is 12.3. The molecule has 0 saturated heterocycles. The zero-order chi connectivity index (χ0) is 15.6. The second-order valence-corrected chi connectivity index (χ2v) is 7.33. The Morgan fingerprint density at radius 2 is 1.67 bits per heavy atom. The average molecular weight is 433 g/mol. The maximum atomic E-state index is 6.33. The minimum absolute atomic E-state index is 0.110. The van der Waals surface area contributed by atoms with Gasteiger partial charge >= 0.3 is 0 Å². The van der Waals surface area contributed by atoms with Crippen molar-refractivity contribution in [3.05, 3.63) is 55.9 Å². The number of nitrogens with one attached hydrogen (secondary N) is 1. The van der Waals surface area contributed by atoms with E-state index >= 15 is 0 Å². The highest BCUT2D eigenvalue weighted by Gasteiger charge is 2.13. The summed E-state index contributed by atoms with van der Waals surface area (Å²) in [6.45, 7) is 2.11. The third kappa shape index (κ3) is 4.15. The molecule has 0 aromatic heterocycles. The van der Waals surface area contributed by atoms with Gasteiger partial charge in [-0.25, -0.2) is 0 Å². The topological polar surface area (TPSA) is 15.3 Å². The van der Waals surface area contributed by atoms with E-state index in [0.29, 0.717) is 0 Å². The molecule has 0 bridgehead atoms. The summed E-state index contributed by atoms with van der Waals surface area (Å²) in [5.74, 6) is 0. The van der Waals surface area contributed by atoms with Crippen molar-refractivity contribution in [1.29, 1.82) is 0 Å². The van der Waals surface area contributed by atoms with Crippen molar-refractivity contribution in [2.24, 2.45) is 0 Å². The fraction of sp³-hybridized carbons (Fsp3) is 0.250. The molecule has 2 aromatic rings. The zero-order valence-corrected chi connectivity index (χ0v) is 16.1. The van der Waals surface area contributed by atoms with Crippen LogP contribution in [0.2, 0.25) is 5.02 Å². The summed E-state index contributed by atoms with van der Waals surface area (Å²) in [7, 11) is 4.07. The molecule has 0 fully saturated rings. The summed E-state index contributed by atoms with van der Waals surface area (Å²) in [6.07, 6.45) is 0. The third-order valence-electron chi connectivity index (χ3n) is 3.24. The van der Waals surface area contributed by atoms with E-state index in [4.69, 9.17) is 11.6 Å². The normalized spacial score (nSPS) is 12.1. The van der Waals surface area contributed by atoms with E-state index in [9.17, 15) is 0 Å². The van der Waals surface area contributed by atoms with Crippen molar-refractivity contribution in [1.82, 2.24) is 0 Å². The SMILES string of the molecule is CC(Nc1cc(Br)ccc1N(C)C)c1ccc(Br)cc1Cl. The van der Waals surface area contributed by atoms with E-state index in [1.165, 1.54) is 0 Å². The molecule has 0 spiro atoms. The molecule has 0 amide bonds. The van der Waals surface area contributed by atoms with Crippen LogP contribution in [0.4, 0.5) is 11.4 Å². The highest BCUT2D eigenvalue weighted by molar-refractivity contribution is 9.10. The van der Waals surface area contributed by atoms with Crippen molar-refractivity contribution in [3.8, 4) is 0 Å². The van der Waals surface area contributed by atoms with Gasteiger partial charge in [0.25, 0.3) is 0 Å². The van der Waals surface area contributed by atoms with Gasteiger partial charge in [0.15, 0.2) is 0 Å². The van der Waals surface area contributed by atoms with E-state index in [-0.39, 0.29) is 6.04 Å². The maximum absolute atomic E-state index is 6.33. The molecule has 2 rings (SSSR count). The Morgan fingerprint density at radius 1 is 1.05 bits per heavy atom. The fourth-order valence-corrected chi connectivity index (χ4v) is 3.38. The Bertz CT molecular complexity index is 644. The molecule has 0 aliphatic carbocycles. The van der Waals surface area contributed by atoms with Gasteiger partial charge in [-0.3, -0.25) is 0 Å². The quantitative estimate of drug-likeness (QED) is 0.628. The van der Waals surface area contributed by atoms with Crippen molar-refractivity contribution in [2.45, 2.75) is 13.0 Å². The van der Waals surface area contributed by atoms with Gasteiger partial charge in [0.1, 0.15) is 0 Å². The maximum Gasteiger partial charge on any atom is 0.0597 e. The largest absolute Gasteiger partial charge is 0.377 e. The third-order valence-corrected chi connectivity index (χ3v) is 4.56. The molecule has 21 heavy (non-hydrogen) atoms. The molecule has 0 aliphatic rings. The molecule has 0 heterocycles. The van der Waals surface area contributed by atoms with Crippen LogP contribution in [-0.2, 0) is 0 Å². The molecular formula is C16H17Br2ClN2. The van der Waals surface area contributed by atoms with Crippen LogP contribution < -0.4 is 10.2 Å². The molecule has 0 saturated carbocycles. The summed E-state index contributed by atoms with van der Waals surface area (Å²) in [5.41, 5.74) is 3.28. The minimum atomic E-state index is 0.110. The number of nitrogens with zero attached hydrogens (tertiary/aromatic N) is 1. The van der Waals surface area contributed by atoms with E-state index in [1.54, 1.807) is 0 Å². The van der Waals surface area contributed by atoms with E-state index in [1.807, 2.05) is 38.4 Å². The van der Waals surface area contributed by atoms with Crippen LogP contribution >= 0.6 is 43.5 Å². The van der Waals surface area contributed by atoms with Crippen molar-refractivity contribution >= 4 is 54.8 Å². The Morgan fingerprint density at radius 3 is 2.29 bits per heavy atom. The lowest BCUT2D eigenvalue weighted by atomic mass is 10.1. The van der Waals surface area contributed by atoms with Gasteiger partial charge in [-0.2, -0.15) is 0 Å². The van der Waals surface area contributed by atoms with Gasteiger partial charge in [0.05, 0.1) is 17.4 Å². The van der Waals surface area contributed by atoms with E-state index in [0.717, 1.165) is 30.9 Å². The summed E-state index contributed by atoms with van der Waals surface area (Å²) in [4.78, 5) is 2.09. The van der Waals surface area contributed by atoms with E-state index in [2.05, 4.69) is 61.1 Å². The first kappa shape index (κ1) is 16.7. The second-order valence-electron chi connectivity index (χ2n) is 5.09. The molecule has 1 unspecified atom stereocenters. The number of anilines is 2. The van der Waals surface area contributed by atoms with Crippen LogP contribution in [0.15, 0.2) is 45.3 Å². The van der Waals surface area contributed by atoms with E-state index < -0.39 is 0 Å². The Kier molecular flexibility index (Phi) is 5.58. The predicted octanol–water partition coefficient (Wildman–Crippen LogP) is 6.10. The van der Waals surface area contributed by atoms with Crippen LogP contribution in [0.5, 0.6) is 0 Å². The van der Waals surface area contributed by atoms with Crippen LogP contribution in [0.25, 0.3) is 0 Å². The standard InChI is InChI=1S/C16H17Br2ClN2/c1-10(13-6-4-11(17)8-14(13)19)20-15-9-12(18)5-7-16(15)21(2)3/h4-10,20H,1-3H3. The Labute approximate surface area is 147 Å². The number of benzene rings is 2. The molecule has 1 N–H and O–H groups in total. The fourth-order valence-electron chi connectivity index (χ4n) is 2.18. The Balaban J connectivity index is 2.31. The first-order chi connectivity index (χ1) is 9.88. The summed E-state index contributed by atoms with van der Waals surface area (Å²) in [5, 5.41) is 4.29. The predicted molar refractivity (Wildman–Crippen MR) is 99.7 cm³/mol. The molecule has 1 atom stereocenters. The minimum Gasteiger partial charge on any atom is -0.377 e. The molecule has 2 nitrogen and oxygen atoms in total. The van der Waals surface area contributed by atoms with Crippen LogP contribution in [0, 0.1) is 0 Å². The number of rotatable bonds is 4. The lowest BCUT2D eigenvalue weighted by molar-refractivity contribution is 0.882. The van der Waals surface area contributed by atoms with Crippen molar-refractivity contribution in [3.63, 3.8) is 0 Å². The highest BCUT2D eigenvalue weighted by atomic mass is 79.9. The van der Waals surface area contributed by atoms with Crippen LogP contribution in [-0.4, -0.2) is 14.1 Å². The van der Waals surface area contributed by atoms with Crippen molar-refractivity contribution < 1.29 is 0 Å². The van der Waals surface area contributed by atoms with Gasteiger partial charge in [-0.1, -0.05) is 49.5 Å². The summed E-state index contributed by atoms with van der Waals surface area (Å²) < 4.78 is 2.03. The number of hydrogen-bond donors (Lipinski definition) is 1. The van der Waals surface area contributed by atoms with Gasteiger partial charge in [-0.15, -0.1) is 0 Å². The number of halogens is 3. The monoisotopic (exact) mass is 430 g/mol. The van der Waals surface area contributed by atoms with Gasteiger partial charge in [0.2, 0.25) is 0 Å². The lowest BCUT2D eigenvalue weighted by Gasteiger charge is -2.23. The average Bonchev–Trinajstić information content (AvgIpc) is 2.37.